The normalized spacial score (nSPS) is 17.0. The van der Waals surface area contributed by atoms with Crippen LogP contribution in [0.5, 0.6) is 5.75 Å². The van der Waals surface area contributed by atoms with Crippen molar-refractivity contribution in [2.45, 2.75) is 39.2 Å². The highest BCUT2D eigenvalue weighted by Gasteiger charge is 2.14. The Morgan fingerprint density at radius 1 is 1.19 bits per heavy atom. The predicted molar refractivity (Wildman–Crippen MR) is 82.6 cm³/mol. The van der Waals surface area contributed by atoms with Crippen LogP contribution in [-0.4, -0.2) is 23.1 Å². The lowest BCUT2D eigenvalue weighted by atomic mass is 10.1. The Kier molecular flexibility index (Phi) is 3.97. The number of hydrogen-bond donors (Lipinski definition) is 1. The molecule has 2 aromatic rings. The van der Waals surface area contributed by atoms with Crippen molar-refractivity contribution in [3.63, 3.8) is 0 Å². The maximum Gasteiger partial charge on any atom is 0.336 e. The second-order valence-electron chi connectivity index (χ2n) is 5.87. The second kappa shape index (κ2) is 5.90. The smallest absolute Gasteiger partial charge is 0.336 e. The van der Waals surface area contributed by atoms with Gasteiger partial charge in [0.05, 0.1) is 0 Å². The molecule has 112 valence electrons. The maximum absolute atomic E-state index is 11.8. The van der Waals surface area contributed by atoms with E-state index in [1.165, 1.54) is 25.7 Å². The van der Waals surface area contributed by atoms with E-state index in [9.17, 15) is 9.90 Å². The minimum atomic E-state index is -0.346. The van der Waals surface area contributed by atoms with Crippen LogP contribution in [0.25, 0.3) is 11.0 Å². The molecular weight excluding hydrogens is 266 g/mol. The van der Waals surface area contributed by atoms with Crippen LogP contribution in [0.1, 0.15) is 36.8 Å². The van der Waals surface area contributed by atoms with E-state index >= 15 is 0 Å². The molecule has 4 heteroatoms. The second-order valence-corrected chi connectivity index (χ2v) is 5.87. The van der Waals surface area contributed by atoms with Gasteiger partial charge < -0.3 is 9.52 Å². The topological polar surface area (TPSA) is 53.7 Å². The summed E-state index contributed by atoms with van der Waals surface area (Å²) in [6.07, 6.45) is 5.03. The number of likely N-dealkylation sites (tertiary alicyclic amines) is 1. The Balaban J connectivity index is 2.01. The number of aromatic hydroxyl groups is 1. The average molecular weight is 287 g/mol. The van der Waals surface area contributed by atoms with Gasteiger partial charge in [-0.1, -0.05) is 12.8 Å². The van der Waals surface area contributed by atoms with Gasteiger partial charge in [0.1, 0.15) is 11.3 Å². The van der Waals surface area contributed by atoms with Gasteiger partial charge in [0.2, 0.25) is 0 Å². The Morgan fingerprint density at radius 2 is 1.90 bits per heavy atom. The first-order chi connectivity index (χ1) is 10.1. The van der Waals surface area contributed by atoms with Gasteiger partial charge in [0.25, 0.3) is 0 Å². The van der Waals surface area contributed by atoms with Crippen LogP contribution in [0.4, 0.5) is 0 Å². The molecule has 4 nitrogen and oxygen atoms in total. The molecule has 0 spiro atoms. The van der Waals surface area contributed by atoms with Crippen LogP contribution < -0.4 is 5.63 Å². The van der Waals surface area contributed by atoms with Crippen molar-refractivity contribution >= 4 is 11.0 Å². The van der Waals surface area contributed by atoms with Gasteiger partial charge in [-0.3, -0.25) is 4.90 Å². The molecule has 0 saturated carbocycles. The van der Waals surface area contributed by atoms with Gasteiger partial charge in [-0.15, -0.1) is 0 Å². The summed E-state index contributed by atoms with van der Waals surface area (Å²) in [5, 5.41) is 10.7. The van der Waals surface area contributed by atoms with E-state index < -0.39 is 0 Å². The summed E-state index contributed by atoms with van der Waals surface area (Å²) in [6.45, 7) is 4.71. The first-order valence-corrected chi connectivity index (χ1v) is 7.63. The number of hydrogen-bond acceptors (Lipinski definition) is 4. The van der Waals surface area contributed by atoms with Crippen molar-refractivity contribution in [2.75, 3.05) is 13.1 Å². The van der Waals surface area contributed by atoms with Crippen LogP contribution in [0.3, 0.4) is 0 Å². The lowest BCUT2D eigenvalue weighted by molar-refractivity contribution is 0.277. The molecule has 0 atom stereocenters. The third kappa shape index (κ3) is 2.95. The molecular formula is C17H21NO3. The summed E-state index contributed by atoms with van der Waals surface area (Å²) in [4.78, 5) is 14.2. The first kappa shape index (κ1) is 14.1. The SMILES string of the molecule is Cc1c(O)ccc2c(CN3CCCCCC3)cc(=O)oc12. The van der Waals surface area contributed by atoms with Crippen molar-refractivity contribution in [3.05, 3.63) is 39.7 Å². The zero-order valence-corrected chi connectivity index (χ0v) is 12.4. The number of aryl methyl sites for hydroxylation is 1. The number of benzene rings is 1. The minimum absolute atomic E-state index is 0.164. The molecule has 1 aliphatic heterocycles. The number of fused-ring (bicyclic) bond motifs is 1. The molecule has 0 radical (unpaired) electrons. The van der Waals surface area contributed by atoms with Crippen LogP contribution in [0.2, 0.25) is 0 Å². The molecule has 0 bridgehead atoms. The van der Waals surface area contributed by atoms with Crippen LogP contribution >= 0.6 is 0 Å². The molecule has 0 amide bonds. The highest BCUT2D eigenvalue weighted by atomic mass is 16.4. The van der Waals surface area contributed by atoms with Crippen molar-refractivity contribution in [3.8, 4) is 5.75 Å². The minimum Gasteiger partial charge on any atom is -0.508 e. The van der Waals surface area contributed by atoms with E-state index in [4.69, 9.17) is 4.42 Å². The standard InChI is InChI=1S/C17H21NO3/c1-12-15(19)7-6-14-13(10-16(20)21-17(12)14)11-18-8-4-2-3-5-9-18/h6-7,10,19H,2-5,8-9,11H2,1H3. The third-order valence-corrected chi connectivity index (χ3v) is 4.31. The van der Waals surface area contributed by atoms with Gasteiger partial charge in [-0.05, 0) is 50.6 Å². The Bertz CT molecular complexity index is 697. The number of nitrogens with zero attached hydrogens (tertiary/aromatic N) is 1. The largest absolute Gasteiger partial charge is 0.508 e. The molecule has 1 fully saturated rings. The van der Waals surface area contributed by atoms with Gasteiger partial charge in [0, 0.05) is 23.6 Å². The molecule has 0 aliphatic carbocycles. The molecule has 3 rings (SSSR count). The lowest BCUT2D eigenvalue weighted by Gasteiger charge is -2.20. The van der Waals surface area contributed by atoms with Crippen LogP contribution in [0, 0.1) is 6.92 Å². The summed E-state index contributed by atoms with van der Waals surface area (Å²) in [6, 6.07) is 5.10. The summed E-state index contributed by atoms with van der Waals surface area (Å²) in [5.74, 6) is 0.164. The molecule has 1 N–H and O–H groups in total. The number of phenolic OH excluding ortho intramolecular Hbond substituents is 1. The maximum atomic E-state index is 11.8. The third-order valence-electron chi connectivity index (χ3n) is 4.31. The Morgan fingerprint density at radius 3 is 2.62 bits per heavy atom. The Labute approximate surface area is 124 Å². The average Bonchev–Trinajstić information content (AvgIpc) is 2.72. The van der Waals surface area contributed by atoms with Crippen molar-refractivity contribution in [1.82, 2.24) is 4.90 Å². The van der Waals surface area contributed by atoms with Crippen molar-refractivity contribution < 1.29 is 9.52 Å². The van der Waals surface area contributed by atoms with E-state index in [-0.39, 0.29) is 11.4 Å². The van der Waals surface area contributed by atoms with Crippen LogP contribution in [-0.2, 0) is 6.54 Å². The van der Waals surface area contributed by atoms with E-state index in [0.717, 1.165) is 30.6 Å². The van der Waals surface area contributed by atoms with Gasteiger partial charge in [-0.25, -0.2) is 4.79 Å². The molecule has 1 aromatic heterocycles. The highest BCUT2D eigenvalue weighted by molar-refractivity contribution is 5.84. The van der Waals surface area contributed by atoms with E-state index in [1.54, 1.807) is 19.1 Å². The lowest BCUT2D eigenvalue weighted by Crippen LogP contribution is -2.24. The van der Waals surface area contributed by atoms with E-state index in [0.29, 0.717) is 11.1 Å². The fourth-order valence-electron chi connectivity index (χ4n) is 3.08. The fraction of sp³-hybridized carbons (Fsp3) is 0.471. The van der Waals surface area contributed by atoms with Gasteiger partial charge >= 0.3 is 5.63 Å². The van der Waals surface area contributed by atoms with E-state index in [1.807, 2.05) is 6.07 Å². The highest BCUT2D eigenvalue weighted by Crippen LogP contribution is 2.28. The molecule has 2 heterocycles. The summed E-state index contributed by atoms with van der Waals surface area (Å²) >= 11 is 0. The zero-order chi connectivity index (χ0) is 14.8. The van der Waals surface area contributed by atoms with Crippen molar-refractivity contribution in [1.29, 1.82) is 0 Å². The molecule has 0 unspecified atom stereocenters. The van der Waals surface area contributed by atoms with E-state index in [2.05, 4.69) is 4.90 Å². The Hall–Kier alpha value is -1.81. The molecule has 21 heavy (non-hydrogen) atoms. The fourth-order valence-corrected chi connectivity index (χ4v) is 3.08. The van der Waals surface area contributed by atoms with Crippen LogP contribution in [0.15, 0.2) is 27.4 Å². The summed E-state index contributed by atoms with van der Waals surface area (Å²) in [5.41, 5.74) is 1.78. The summed E-state index contributed by atoms with van der Waals surface area (Å²) < 4.78 is 5.29. The number of phenols is 1. The first-order valence-electron chi connectivity index (χ1n) is 7.63. The zero-order valence-electron chi connectivity index (χ0n) is 12.4. The van der Waals surface area contributed by atoms with Gasteiger partial charge in [-0.2, -0.15) is 0 Å². The number of rotatable bonds is 2. The molecule has 1 aliphatic rings. The molecule has 1 saturated heterocycles. The summed E-state index contributed by atoms with van der Waals surface area (Å²) in [7, 11) is 0. The molecule has 1 aromatic carbocycles. The monoisotopic (exact) mass is 287 g/mol. The van der Waals surface area contributed by atoms with Crippen molar-refractivity contribution in [2.24, 2.45) is 0 Å². The van der Waals surface area contributed by atoms with Gasteiger partial charge in [0.15, 0.2) is 0 Å². The quantitative estimate of drug-likeness (QED) is 0.862. The predicted octanol–water partition coefficient (Wildman–Crippen LogP) is 3.18.